The Morgan fingerprint density at radius 3 is 2.43 bits per heavy atom. The molecule has 2 aromatic rings. The molecule has 0 bridgehead atoms. The second kappa shape index (κ2) is 5.19. The van der Waals surface area contributed by atoms with Crippen molar-refractivity contribution in [2.45, 2.75) is 18.9 Å². The second-order valence-electron chi connectivity index (χ2n) is 5.81. The highest BCUT2D eigenvalue weighted by Gasteiger charge is 2.35. The van der Waals surface area contributed by atoms with Crippen LogP contribution >= 0.6 is 11.8 Å². The maximum atomic E-state index is 6.53. The maximum absolute atomic E-state index is 6.53. The number of aliphatic imine (C=N–C) groups is 1. The zero-order chi connectivity index (χ0) is 14.2. The second-order valence-corrected chi connectivity index (χ2v) is 6.22. The van der Waals surface area contributed by atoms with Crippen molar-refractivity contribution in [2.24, 2.45) is 10.9 Å². The quantitative estimate of drug-likeness (QED) is 0.755. The van der Waals surface area contributed by atoms with Crippen molar-refractivity contribution in [3.63, 3.8) is 0 Å². The van der Waals surface area contributed by atoms with E-state index in [1.807, 2.05) is 16.6 Å². The van der Waals surface area contributed by atoms with Crippen LogP contribution < -0.4 is 4.42 Å². The first-order valence-electron chi connectivity index (χ1n) is 7.49. The van der Waals surface area contributed by atoms with E-state index < -0.39 is 0 Å². The summed E-state index contributed by atoms with van der Waals surface area (Å²) in [6, 6.07) is 19.0. The van der Waals surface area contributed by atoms with Crippen LogP contribution in [0.5, 0.6) is 0 Å². The molecule has 0 saturated heterocycles. The summed E-state index contributed by atoms with van der Waals surface area (Å²) in [4.78, 5) is 5.09. The minimum Gasteiger partial charge on any atom is -0.282 e. The molecule has 4 rings (SSSR count). The molecule has 1 aliphatic heterocycles. The maximum Gasteiger partial charge on any atom is 0.0744 e. The Balaban J connectivity index is 1.88. The highest BCUT2D eigenvalue weighted by atomic mass is 35.5. The van der Waals surface area contributed by atoms with Crippen molar-refractivity contribution >= 4 is 23.2 Å². The molecule has 0 amide bonds. The molecule has 1 atom stereocenters. The molecule has 0 aromatic heterocycles. The molecular formula is C18H17ClN2. The summed E-state index contributed by atoms with van der Waals surface area (Å²) < 4.78 is 1.84. The van der Waals surface area contributed by atoms with Gasteiger partial charge in [-0.05, 0) is 24.8 Å². The van der Waals surface area contributed by atoms with Crippen LogP contribution in [-0.4, -0.2) is 18.3 Å². The lowest BCUT2D eigenvalue weighted by Crippen LogP contribution is -2.24. The lowest BCUT2D eigenvalue weighted by Gasteiger charge is -2.18. The normalized spacial score (nSPS) is 21.5. The van der Waals surface area contributed by atoms with E-state index in [1.165, 1.54) is 18.4 Å². The largest absolute Gasteiger partial charge is 0.282 e. The fourth-order valence-electron chi connectivity index (χ4n) is 2.99. The van der Waals surface area contributed by atoms with Gasteiger partial charge >= 0.3 is 0 Å². The Labute approximate surface area is 130 Å². The van der Waals surface area contributed by atoms with Gasteiger partial charge in [-0.1, -0.05) is 48.5 Å². The number of nitrogens with zero attached hydrogens (tertiary/aromatic N) is 2. The predicted octanol–water partition coefficient (Wildman–Crippen LogP) is 4.28. The van der Waals surface area contributed by atoms with E-state index in [9.17, 15) is 0 Å². The van der Waals surface area contributed by atoms with Gasteiger partial charge in [0.25, 0.3) is 0 Å². The average Bonchev–Trinajstić information content (AvgIpc) is 3.36. The third-order valence-corrected chi connectivity index (χ3v) is 4.60. The number of benzene rings is 2. The average molecular weight is 297 g/mol. The minimum atomic E-state index is 0.296. The smallest absolute Gasteiger partial charge is 0.0744 e. The third-order valence-electron chi connectivity index (χ3n) is 4.28. The number of para-hydroxylation sites is 1. The van der Waals surface area contributed by atoms with Crippen molar-refractivity contribution in [3.8, 4) is 0 Å². The predicted molar refractivity (Wildman–Crippen MR) is 88.2 cm³/mol. The zero-order valence-electron chi connectivity index (χ0n) is 11.7. The van der Waals surface area contributed by atoms with E-state index in [1.54, 1.807) is 0 Å². The molecule has 1 heterocycles. The monoisotopic (exact) mass is 296 g/mol. The Kier molecular flexibility index (Phi) is 3.19. The van der Waals surface area contributed by atoms with Gasteiger partial charge in [0.15, 0.2) is 0 Å². The lowest BCUT2D eigenvalue weighted by atomic mass is 10.0. The number of benzodiazepines with no additional fused rings is 1. The minimum absolute atomic E-state index is 0.296. The van der Waals surface area contributed by atoms with E-state index in [2.05, 4.69) is 42.5 Å². The van der Waals surface area contributed by atoms with Crippen molar-refractivity contribution in [1.29, 1.82) is 0 Å². The molecule has 0 radical (unpaired) electrons. The molecule has 0 N–H and O–H groups in total. The molecule has 2 aromatic carbocycles. The number of halogens is 1. The summed E-state index contributed by atoms with van der Waals surface area (Å²) in [7, 11) is 0. The van der Waals surface area contributed by atoms with Crippen LogP contribution in [0.15, 0.2) is 59.6 Å². The summed E-state index contributed by atoms with van der Waals surface area (Å²) in [5.41, 5.74) is 4.43. The number of anilines is 1. The number of rotatable bonds is 2. The highest BCUT2D eigenvalue weighted by Crippen LogP contribution is 2.38. The third kappa shape index (κ3) is 2.44. The van der Waals surface area contributed by atoms with E-state index in [0.29, 0.717) is 12.0 Å². The standard InChI is InChI=1S/C18H17ClN2/c19-21-12-16(13-10-11-13)20-18(14-6-2-1-3-7-14)15-8-4-5-9-17(15)21/h1-9,13,16H,10-12H2. The first-order valence-corrected chi connectivity index (χ1v) is 7.82. The van der Waals surface area contributed by atoms with Gasteiger partial charge < -0.3 is 0 Å². The van der Waals surface area contributed by atoms with Gasteiger partial charge in [-0.2, -0.15) is 0 Å². The highest BCUT2D eigenvalue weighted by molar-refractivity contribution is 6.28. The van der Waals surface area contributed by atoms with Crippen LogP contribution in [0.4, 0.5) is 5.69 Å². The number of hydrogen-bond donors (Lipinski definition) is 0. The van der Waals surface area contributed by atoms with Crippen LogP contribution in [0.25, 0.3) is 0 Å². The Hall–Kier alpha value is -1.80. The molecule has 0 spiro atoms. The summed E-state index contributed by atoms with van der Waals surface area (Å²) in [6.07, 6.45) is 2.55. The van der Waals surface area contributed by atoms with Crippen molar-refractivity contribution in [2.75, 3.05) is 11.0 Å². The molecule has 2 nitrogen and oxygen atoms in total. The molecule has 21 heavy (non-hydrogen) atoms. The zero-order valence-corrected chi connectivity index (χ0v) is 12.5. The van der Waals surface area contributed by atoms with Gasteiger partial charge in [0.2, 0.25) is 0 Å². The Morgan fingerprint density at radius 1 is 0.952 bits per heavy atom. The van der Waals surface area contributed by atoms with Crippen molar-refractivity contribution < 1.29 is 0 Å². The van der Waals surface area contributed by atoms with E-state index >= 15 is 0 Å². The van der Waals surface area contributed by atoms with E-state index in [-0.39, 0.29) is 0 Å². The van der Waals surface area contributed by atoms with Crippen LogP contribution in [0, 0.1) is 5.92 Å². The van der Waals surface area contributed by atoms with Crippen LogP contribution in [0.2, 0.25) is 0 Å². The molecule has 1 saturated carbocycles. The van der Waals surface area contributed by atoms with Gasteiger partial charge in [-0.25, -0.2) is 0 Å². The first kappa shape index (κ1) is 12.9. The van der Waals surface area contributed by atoms with Crippen LogP contribution in [0.1, 0.15) is 24.0 Å². The number of fused-ring (bicyclic) bond motifs is 1. The Bertz CT molecular complexity index is 677. The molecule has 1 aliphatic carbocycles. The molecule has 106 valence electrons. The molecule has 1 fully saturated rings. The molecular weight excluding hydrogens is 280 g/mol. The van der Waals surface area contributed by atoms with E-state index in [4.69, 9.17) is 16.8 Å². The molecule has 3 heteroatoms. The van der Waals surface area contributed by atoms with Crippen LogP contribution in [-0.2, 0) is 0 Å². The number of hydrogen-bond acceptors (Lipinski definition) is 2. The van der Waals surface area contributed by atoms with Crippen molar-refractivity contribution in [1.82, 2.24) is 0 Å². The first-order chi connectivity index (χ1) is 10.3. The van der Waals surface area contributed by atoms with Gasteiger partial charge in [0.05, 0.1) is 24.0 Å². The summed E-state index contributed by atoms with van der Waals surface area (Å²) in [5.74, 6) is 0.694. The SMILES string of the molecule is ClN1CC(C2CC2)N=C(c2ccccc2)c2ccccc21. The van der Waals surface area contributed by atoms with Gasteiger partial charge in [-0.3, -0.25) is 9.41 Å². The topological polar surface area (TPSA) is 15.6 Å². The summed E-state index contributed by atoms with van der Waals surface area (Å²) in [6.45, 7) is 0.791. The Morgan fingerprint density at radius 2 is 1.67 bits per heavy atom. The van der Waals surface area contributed by atoms with Gasteiger partial charge in [0, 0.05) is 22.9 Å². The fourth-order valence-corrected chi connectivity index (χ4v) is 3.27. The fraction of sp³-hybridized carbons (Fsp3) is 0.278. The van der Waals surface area contributed by atoms with Crippen LogP contribution in [0.3, 0.4) is 0 Å². The van der Waals surface area contributed by atoms with E-state index in [0.717, 1.165) is 23.5 Å². The molecule has 2 aliphatic rings. The molecule has 1 unspecified atom stereocenters. The van der Waals surface area contributed by atoms with Gasteiger partial charge in [-0.15, -0.1) is 0 Å². The summed E-state index contributed by atoms with van der Waals surface area (Å²) in [5, 5.41) is 0. The van der Waals surface area contributed by atoms with Crippen molar-refractivity contribution in [3.05, 3.63) is 65.7 Å². The lowest BCUT2D eigenvalue weighted by molar-refractivity contribution is 0.612. The van der Waals surface area contributed by atoms with Gasteiger partial charge in [0.1, 0.15) is 0 Å². The summed E-state index contributed by atoms with van der Waals surface area (Å²) >= 11 is 6.53.